The third-order valence-corrected chi connectivity index (χ3v) is 4.21. The summed E-state index contributed by atoms with van der Waals surface area (Å²) in [6, 6.07) is 10.3. The minimum atomic E-state index is 0.390. The Kier molecular flexibility index (Phi) is 4.74. The maximum Gasteiger partial charge on any atom is 0.246 e. The smallest absolute Gasteiger partial charge is 0.246 e. The van der Waals surface area contributed by atoms with Crippen LogP contribution in [0.4, 0.5) is 17.3 Å². The molecule has 1 aromatic carbocycles. The molecule has 0 saturated heterocycles. The maximum absolute atomic E-state index is 5.21. The number of anilines is 3. The summed E-state index contributed by atoms with van der Waals surface area (Å²) in [5.74, 6) is 1.71. The minimum absolute atomic E-state index is 0.390. The van der Waals surface area contributed by atoms with Gasteiger partial charge in [-0.2, -0.15) is 4.98 Å². The topological polar surface area (TPSA) is 89.2 Å². The first-order valence-electron chi connectivity index (χ1n) is 8.56. The lowest BCUT2D eigenvalue weighted by Gasteiger charge is -2.18. The van der Waals surface area contributed by atoms with Crippen LogP contribution in [0.1, 0.15) is 17.4 Å². The first-order chi connectivity index (χ1) is 12.8. The molecule has 8 nitrogen and oxygen atoms in total. The summed E-state index contributed by atoms with van der Waals surface area (Å²) in [6.07, 6.45) is 3.39. The summed E-state index contributed by atoms with van der Waals surface area (Å²) in [4.78, 5) is 15.6. The van der Waals surface area contributed by atoms with E-state index in [4.69, 9.17) is 9.26 Å². The SMILES string of the molecule is COCCc1noc(CNc2ncc3c(n2)CCN3c2ccccc2)n1. The van der Waals surface area contributed by atoms with E-state index in [9.17, 15) is 0 Å². The fourth-order valence-corrected chi connectivity index (χ4v) is 2.93. The van der Waals surface area contributed by atoms with E-state index in [2.05, 4.69) is 42.5 Å². The molecular formula is C18H20N6O2. The molecule has 0 aliphatic carbocycles. The molecule has 0 amide bonds. The molecule has 1 N–H and O–H groups in total. The first-order valence-corrected chi connectivity index (χ1v) is 8.56. The Morgan fingerprint density at radius 1 is 1.23 bits per heavy atom. The van der Waals surface area contributed by atoms with Gasteiger partial charge in [0, 0.05) is 32.2 Å². The van der Waals surface area contributed by atoms with E-state index < -0.39 is 0 Å². The zero-order valence-corrected chi connectivity index (χ0v) is 14.6. The van der Waals surface area contributed by atoms with Crippen LogP contribution in [0.3, 0.4) is 0 Å². The fourth-order valence-electron chi connectivity index (χ4n) is 2.93. The van der Waals surface area contributed by atoms with Crippen LogP contribution in [0.5, 0.6) is 0 Å². The maximum atomic E-state index is 5.21. The summed E-state index contributed by atoms with van der Waals surface area (Å²) >= 11 is 0. The molecule has 134 valence electrons. The molecule has 0 radical (unpaired) electrons. The van der Waals surface area contributed by atoms with Crippen LogP contribution in [-0.4, -0.2) is 40.4 Å². The van der Waals surface area contributed by atoms with Crippen molar-refractivity contribution in [2.75, 3.05) is 30.5 Å². The quantitative estimate of drug-likeness (QED) is 0.693. The zero-order chi connectivity index (χ0) is 17.8. The van der Waals surface area contributed by atoms with Crippen LogP contribution < -0.4 is 10.2 Å². The van der Waals surface area contributed by atoms with Gasteiger partial charge in [-0.3, -0.25) is 0 Å². The molecule has 0 atom stereocenters. The van der Waals surface area contributed by atoms with Gasteiger partial charge in [-0.25, -0.2) is 9.97 Å². The largest absolute Gasteiger partial charge is 0.384 e. The molecule has 1 aliphatic rings. The lowest BCUT2D eigenvalue weighted by molar-refractivity contribution is 0.199. The number of ether oxygens (including phenoxy) is 1. The summed E-state index contributed by atoms with van der Waals surface area (Å²) < 4.78 is 10.2. The predicted octanol–water partition coefficient (Wildman–Crippen LogP) is 2.35. The summed E-state index contributed by atoms with van der Waals surface area (Å²) in [7, 11) is 1.65. The number of nitrogens with zero attached hydrogens (tertiary/aromatic N) is 5. The van der Waals surface area contributed by atoms with E-state index in [1.165, 1.54) is 0 Å². The second-order valence-corrected chi connectivity index (χ2v) is 5.96. The standard InChI is InChI=1S/C18H20N6O2/c1-25-10-8-16-22-17(26-23-16)12-20-18-19-11-15-14(21-18)7-9-24(15)13-5-3-2-4-6-13/h2-6,11H,7-10,12H2,1H3,(H,19,20,21). The number of nitrogens with one attached hydrogen (secondary N) is 1. The van der Waals surface area contributed by atoms with Gasteiger partial charge in [0.25, 0.3) is 0 Å². The van der Waals surface area contributed by atoms with Crippen LogP contribution >= 0.6 is 0 Å². The Morgan fingerprint density at radius 3 is 2.96 bits per heavy atom. The predicted molar refractivity (Wildman–Crippen MR) is 96.4 cm³/mol. The van der Waals surface area contributed by atoms with Crippen molar-refractivity contribution in [3.63, 3.8) is 0 Å². The molecule has 0 fully saturated rings. The van der Waals surface area contributed by atoms with Gasteiger partial charge in [-0.1, -0.05) is 23.4 Å². The molecule has 26 heavy (non-hydrogen) atoms. The number of hydrogen-bond acceptors (Lipinski definition) is 8. The van der Waals surface area contributed by atoms with Crippen molar-refractivity contribution in [2.45, 2.75) is 19.4 Å². The van der Waals surface area contributed by atoms with Crippen molar-refractivity contribution in [3.05, 3.63) is 53.9 Å². The number of rotatable bonds is 7. The van der Waals surface area contributed by atoms with Crippen molar-refractivity contribution in [1.82, 2.24) is 20.1 Å². The van der Waals surface area contributed by atoms with Gasteiger partial charge >= 0.3 is 0 Å². The van der Waals surface area contributed by atoms with Gasteiger partial charge < -0.3 is 19.5 Å². The van der Waals surface area contributed by atoms with Crippen molar-refractivity contribution in [2.24, 2.45) is 0 Å². The minimum Gasteiger partial charge on any atom is -0.384 e. The fraction of sp³-hybridized carbons (Fsp3) is 0.333. The number of hydrogen-bond donors (Lipinski definition) is 1. The molecular weight excluding hydrogens is 332 g/mol. The van der Waals surface area contributed by atoms with Crippen LogP contribution in [-0.2, 0) is 24.1 Å². The van der Waals surface area contributed by atoms with E-state index in [1.54, 1.807) is 7.11 Å². The number of methoxy groups -OCH3 is 1. The average Bonchev–Trinajstić information content (AvgIpc) is 3.32. The molecule has 4 rings (SSSR count). The second-order valence-electron chi connectivity index (χ2n) is 5.96. The molecule has 0 spiro atoms. The summed E-state index contributed by atoms with van der Waals surface area (Å²) in [5.41, 5.74) is 3.25. The Labute approximate surface area is 151 Å². The van der Waals surface area contributed by atoms with E-state index in [0.29, 0.717) is 37.2 Å². The Balaban J connectivity index is 1.41. The highest BCUT2D eigenvalue weighted by Gasteiger charge is 2.22. The van der Waals surface area contributed by atoms with Crippen LogP contribution in [0.2, 0.25) is 0 Å². The number of benzene rings is 1. The van der Waals surface area contributed by atoms with Crippen molar-refractivity contribution < 1.29 is 9.26 Å². The van der Waals surface area contributed by atoms with E-state index in [-0.39, 0.29) is 0 Å². The van der Waals surface area contributed by atoms with E-state index in [1.807, 2.05) is 24.4 Å². The highest BCUT2D eigenvalue weighted by Crippen LogP contribution is 2.33. The molecule has 0 saturated carbocycles. The second kappa shape index (κ2) is 7.49. The first kappa shape index (κ1) is 16.5. The van der Waals surface area contributed by atoms with Crippen molar-refractivity contribution in [1.29, 1.82) is 0 Å². The van der Waals surface area contributed by atoms with Crippen molar-refractivity contribution in [3.8, 4) is 0 Å². The van der Waals surface area contributed by atoms with Gasteiger partial charge in [-0.05, 0) is 12.1 Å². The molecule has 8 heteroatoms. The van der Waals surface area contributed by atoms with Crippen LogP contribution in [0.25, 0.3) is 0 Å². The number of para-hydroxylation sites is 1. The number of fused-ring (bicyclic) bond motifs is 1. The summed E-state index contributed by atoms with van der Waals surface area (Å²) in [5, 5.41) is 7.06. The van der Waals surface area contributed by atoms with Crippen molar-refractivity contribution >= 4 is 17.3 Å². The Morgan fingerprint density at radius 2 is 2.12 bits per heavy atom. The normalized spacial score (nSPS) is 13.0. The highest BCUT2D eigenvalue weighted by atomic mass is 16.5. The highest BCUT2D eigenvalue weighted by molar-refractivity contribution is 5.68. The molecule has 0 bridgehead atoms. The Bertz CT molecular complexity index is 867. The molecule has 1 aliphatic heterocycles. The molecule has 3 heterocycles. The third-order valence-electron chi connectivity index (χ3n) is 4.21. The van der Waals surface area contributed by atoms with Gasteiger partial charge in [0.05, 0.1) is 30.7 Å². The molecule has 3 aromatic rings. The van der Waals surface area contributed by atoms with Crippen LogP contribution in [0.15, 0.2) is 41.1 Å². The average molecular weight is 352 g/mol. The monoisotopic (exact) mass is 352 g/mol. The van der Waals surface area contributed by atoms with E-state index in [0.717, 1.165) is 30.0 Å². The summed E-state index contributed by atoms with van der Waals surface area (Å²) in [6.45, 7) is 1.86. The van der Waals surface area contributed by atoms with Gasteiger partial charge in [0.2, 0.25) is 11.8 Å². The lowest BCUT2D eigenvalue weighted by atomic mass is 10.3. The molecule has 0 unspecified atom stereocenters. The zero-order valence-electron chi connectivity index (χ0n) is 14.6. The number of aromatic nitrogens is 4. The van der Waals surface area contributed by atoms with Gasteiger partial charge in [-0.15, -0.1) is 0 Å². The molecule has 2 aromatic heterocycles. The van der Waals surface area contributed by atoms with Gasteiger partial charge in [0.1, 0.15) is 0 Å². The van der Waals surface area contributed by atoms with E-state index >= 15 is 0 Å². The lowest BCUT2D eigenvalue weighted by Crippen LogP contribution is -2.13. The Hall–Kier alpha value is -3.00. The van der Waals surface area contributed by atoms with Gasteiger partial charge in [0.15, 0.2) is 5.82 Å². The van der Waals surface area contributed by atoms with Crippen LogP contribution in [0, 0.1) is 0 Å². The third kappa shape index (κ3) is 3.50.